The predicted molar refractivity (Wildman–Crippen MR) is 112 cm³/mol. The molecule has 0 saturated heterocycles. The normalized spacial score (nSPS) is 14.7. The molecule has 0 aliphatic heterocycles. The highest BCUT2D eigenvalue weighted by atomic mass is 16.5. The van der Waals surface area contributed by atoms with Gasteiger partial charge < -0.3 is 14.8 Å². The molecule has 3 rings (SSSR count). The van der Waals surface area contributed by atoms with Gasteiger partial charge >= 0.3 is 0 Å². The Labute approximate surface area is 168 Å². The number of ether oxygens (including phenoxy) is 2. The van der Waals surface area contributed by atoms with E-state index in [-0.39, 0.29) is 11.3 Å². The molecule has 150 valence electrons. The minimum absolute atomic E-state index is 0.0228. The van der Waals surface area contributed by atoms with E-state index in [1.807, 2.05) is 30.3 Å². The Morgan fingerprint density at radius 2 is 1.75 bits per heavy atom. The molecule has 0 unspecified atom stereocenters. The summed E-state index contributed by atoms with van der Waals surface area (Å²) in [7, 11) is 1.63. The van der Waals surface area contributed by atoms with Gasteiger partial charge in [-0.2, -0.15) is 0 Å². The molecule has 1 N–H and O–H groups in total. The molecule has 2 aromatic rings. The van der Waals surface area contributed by atoms with Crippen LogP contribution in [0, 0.1) is 0 Å². The van der Waals surface area contributed by atoms with Crippen LogP contribution in [-0.4, -0.2) is 19.1 Å². The number of amides is 1. The number of hydrogen-bond donors (Lipinski definition) is 1. The lowest BCUT2D eigenvalue weighted by Crippen LogP contribution is -2.32. The van der Waals surface area contributed by atoms with Crippen molar-refractivity contribution in [2.45, 2.75) is 64.5 Å². The summed E-state index contributed by atoms with van der Waals surface area (Å²) in [6.45, 7) is 6.92. The maximum atomic E-state index is 12.6. The Bertz CT molecular complexity index is 800. The summed E-state index contributed by atoms with van der Waals surface area (Å²) in [5.74, 6) is 1.50. The van der Waals surface area contributed by atoms with E-state index in [1.54, 1.807) is 7.11 Å². The van der Waals surface area contributed by atoms with Crippen molar-refractivity contribution in [3.8, 4) is 11.5 Å². The zero-order valence-electron chi connectivity index (χ0n) is 17.4. The second-order valence-corrected chi connectivity index (χ2v) is 8.54. The summed E-state index contributed by atoms with van der Waals surface area (Å²) in [6, 6.07) is 14.0. The molecule has 1 aliphatic carbocycles. The van der Waals surface area contributed by atoms with Crippen molar-refractivity contribution in [1.29, 1.82) is 0 Å². The SMILES string of the molecule is COc1ccc(C(=O)NC2CCCC2)cc1COc1ccc(C(C)(C)C)cc1. The van der Waals surface area contributed by atoms with E-state index in [4.69, 9.17) is 9.47 Å². The van der Waals surface area contributed by atoms with Crippen molar-refractivity contribution in [3.63, 3.8) is 0 Å². The van der Waals surface area contributed by atoms with Crippen molar-refractivity contribution in [2.75, 3.05) is 7.11 Å². The van der Waals surface area contributed by atoms with Gasteiger partial charge in [-0.15, -0.1) is 0 Å². The number of nitrogens with one attached hydrogen (secondary N) is 1. The van der Waals surface area contributed by atoms with Crippen molar-refractivity contribution < 1.29 is 14.3 Å². The van der Waals surface area contributed by atoms with Gasteiger partial charge in [0, 0.05) is 17.2 Å². The smallest absolute Gasteiger partial charge is 0.251 e. The average molecular weight is 382 g/mol. The van der Waals surface area contributed by atoms with Crippen LogP contribution < -0.4 is 14.8 Å². The Kier molecular flexibility index (Phi) is 6.28. The Hall–Kier alpha value is -2.49. The van der Waals surface area contributed by atoms with Crippen molar-refractivity contribution in [2.24, 2.45) is 0 Å². The second-order valence-electron chi connectivity index (χ2n) is 8.54. The summed E-state index contributed by atoms with van der Waals surface area (Å²) in [5.41, 5.74) is 2.89. The van der Waals surface area contributed by atoms with Crippen LogP contribution in [0.25, 0.3) is 0 Å². The number of hydrogen-bond acceptors (Lipinski definition) is 3. The van der Waals surface area contributed by atoms with Crippen LogP contribution in [-0.2, 0) is 12.0 Å². The highest BCUT2D eigenvalue weighted by Crippen LogP contribution is 2.26. The lowest BCUT2D eigenvalue weighted by atomic mass is 9.87. The van der Waals surface area contributed by atoms with Crippen LogP contribution in [0.2, 0.25) is 0 Å². The van der Waals surface area contributed by atoms with E-state index in [2.05, 4.69) is 38.2 Å². The van der Waals surface area contributed by atoms with Crippen molar-refractivity contribution >= 4 is 5.91 Å². The van der Waals surface area contributed by atoms with Gasteiger partial charge in [-0.05, 0) is 54.2 Å². The first-order valence-corrected chi connectivity index (χ1v) is 10.1. The lowest BCUT2D eigenvalue weighted by Gasteiger charge is -2.19. The highest BCUT2D eigenvalue weighted by Gasteiger charge is 2.19. The monoisotopic (exact) mass is 381 g/mol. The van der Waals surface area contributed by atoms with Crippen molar-refractivity contribution in [3.05, 3.63) is 59.2 Å². The molecule has 4 nitrogen and oxygen atoms in total. The molecule has 28 heavy (non-hydrogen) atoms. The summed E-state index contributed by atoms with van der Waals surface area (Å²) in [4.78, 5) is 12.6. The number of carbonyl (C=O) groups is 1. The molecular formula is C24H31NO3. The quantitative estimate of drug-likeness (QED) is 0.744. The molecule has 0 spiro atoms. The standard InChI is InChI=1S/C24H31NO3/c1-24(2,3)19-10-12-21(13-11-19)28-16-18-15-17(9-14-22(18)27-4)23(26)25-20-7-5-6-8-20/h9-15,20H,5-8,16H2,1-4H3,(H,25,26). The molecule has 0 bridgehead atoms. The molecule has 0 heterocycles. The van der Waals surface area contributed by atoms with Gasteiger partial charge in [-0.25, -0.2) is 0 Å². The van der Waals surface area contributed by atoms with E-state index in [0.717, 1.165) is 29.9 Å². The van der Waals surface area contributed by atoms with Crippen LogP contribution in [0.4, 0.5) is 0 Å². The molecule has 0 atom stereocenters. The van der Waals surface area contributed by atoms with Crippen LogP contribution in [0.3, 0.4) is 0 Å². The van der Waals surface area contributed by atoms with E-state index >= 15 is 0 Å². The lowest BCUT2D eigenvalue weighted by molar-refractivity contribution is 0.0937. The molecule has 1 aliphatic rings. The van der Waals surface area contributed by atoms with E-state index in [1.165, 1.54) is 18.4 Å². The summed E-state index contributed by atoms with van der Waals surface area (Å²) >= 11 is 0. The predicted octanol–water partition coefficient (Wildman–Crippen LogP) is 5.24. The minimum Gasteiger partial charge on any atom is -0.496 e. The topological polar surface area (TPSA) is 47.6 Å². The summed E-state index contributed by atoms with van der Waals surface area (Å²) in [6.07, 6.45) is 4.53. The molecule has 4 heteroatoms. The first-order valence-electron chi connectivity index (χ1n) is 10.1. The summed E-state index contributed by atoms with van der Waals surface area (Å²) in [5, 5.41) is 3.13. The van der Waals surface area contributed by atoms with Gasteiger partial charge in [0.25, 0.3) is 5.91 Å². The van der Waals surface area contributed by atoms with Gasteiger partial charge in [0.2, 0.25) is 0 Å². The third kappa shape index (κ3) is 5.06. The molecule has 1 amide bonds. The van der Waals surface area contributed by atoms with E-state index in [9.17, 15) is 4.79 Å². The number of carbonyl (C=O) groups excluding carboxylic acids is 1. The van der Waals surface area contributed by atoms with Gasteiger partial charge in [0.05, 0.1) is 7.11 Å². The second kappa shape index (κ2) is 8.68. The van der Waals surface area contributed by atoms with Crippen molar-refractivity contribution in [1.82, 2.24) is 5.32 Å². The zero-order chi connectivity index (χ0) is 20.1. The van der Waals surface area contributed by atoms with E-state index in [0.29, 0.717) is 18.2 Å². The average Bonchev–Trinajstić information content (AvgIpc) is 3.18. The first-order chi connectivity index (χ1) is 13.4. The molecular weight excluding hydrogens is 350 g/mol. The van der Waals surface area contributed by atoms with Gasteiger partial charge in [0.15, 0.2) is 0 Å². The highest BCUT2D eigenvalue weighted by molar-refractivity contribution is 5.94. The third-order valence-electron chi connectivity index (χ3n) is 5.35. The fourth-order valence-electron chi connectivity index (χ4n) is 3.58. The number of rotatable bonds is 6. The Morgan fingerprint density at radius 3 is 2.36 bits per heavy atom. The zero-order valence-corrected chi connectivity index (χ0v) is 17.4. The first kappa shape index (κ1) is 20.2. The maximum Gasteiger partial charge on any atom is 0.251 e. The maximum absolute atomic E-state index is 12.6. The fraction of sp³-hybridized carbons (Fsp3) is 0.458. The molecule has 1 saturated carbocycles. The fourth-order valence-corrected chi connectivity index (χ4v) is 3.58. The molecule has 0 radical (unpaired) electrons. The van der Waals surface area contributed by atoms with E-state index < -0.39 is 0 Å². The summed E-state index contributed by atoms with van der Waals surface area (Å²) < 4.78 is 11.4. The Balaban J connectivity index is 1.68. The molecule has 2 aromatic carbocycles. The Morgan fingerprint density at radius 1 is 1.07 bits per heavy atom. The van der Waals surface area contributed by atoms with Crippen LogP contribution in [0.15, 0.2) is 42.5 Å². The number of methoxy groups -OCH3 is 1. The van der Waals surface area contributed by atoms with Crippen LogP contribution in [0.1, 0.15) is 67.9 Å². The largest absolute Gasteiger partial charge is 0.496 e. The van der Waals surface area contributed by atoms with Crippen LogP contribution in [0.5, 0.6) is 11.5 Å². The molecule has 0 aromatic heterocycles. The van der Waals surface area contributed by atoms with Gasteiger partial charge in [-0.1, -0.05) is 45.7 Å². The number of benzene rings is 2. The third-order valence-corrected chi connectivity index (χ3v) is 5.35. The molecule has 1 fully saturated rings. The van der Waals surface area contributed by atoms with Crippen LogP contribution >= 0.6 is 0 Å². The van der Waals surface area contributed by atoms with Gasteiger partial charge in [0.1, 0.15) is 18.1 Å². The minimum atomic E-state index is -0.0228. The van der Waals surface area contributed by atoms with Gasteiger partial charge in [-0.3, -0.25) is 4.79 Å².